The van der Waals surface area contributed by atoms with Crippen molar-refractivity contribution in [2.24, 2.45) is 7.05 Å². The van der Waals surface area contributed by atoms with Gasteiger partial charge in [0.05, 0.1) is 24.4 Å². The van der Waals surface area contributed by atoms with E-state index in [0.29, 0.717) is 11.6 Å². The smallest absolute Gasteiger partial charge is 0.338 e. The van der Waals surface area contributed by atoms with Gasteiger partial charge in [0.1, 0.15) is 0 Å². The fourth-order valence-electron chi connectivity index (χ4n) is 3.04. The maximum Gasteiger partial charge on any atom is 0.338 e. The van der Waals surface area contributed by atoms with Crippen molar-refractivity contribution < 1.29 is 14.3 Å². The van der Waals surface area contributed by atoms with Crippen LogP contribution in [0.15, 0.2) is 12.3 Å². The lowest BCUT2D eigenvalue weighted by Gasteiger charge is -2.25. The van der Waals surface area contributed by atoms with E-state index in [2.05, 4.69) is 10.4 Å². The molecule has 22 heavy (non-hydrogen) atoms. The molecule has 3 rings (SSSR count). The molecule has 1 aliphatic rings. The number of fused-ring (bicyclic) bond motifs is 1. The van der Waals surface area contributed by atoms with Crippen LogP contribution < -0.4 is 5.32 Å². The predicted molar refractivity (Wildman–Crippen MR) is 84.3 cm³/mol. The Kier molecular flexibility index (Phi) is 4.02. The number of rotatable bonds is 3. The number of hydrogen-bond donors (Lipinski definition) is 1. The summed E-state index contributed by atoms with van der Waals surface area (Å²) in [6, 6.07) is 2.23. The average Bonchev–Trinajstić information content (AvgIpc) is 2.93. The summed E-state index contributed by atoms with van der Waals surface area (Å²) in [4.78, 5) is 12.1. The fraction of sp³-hybridized carbons (Fsp3) is 0.500. The second-order valence-electron chi connectivity index (χ2n) is 5.65. The minimum Gasteiger partial charge on any atom is -0.465 e. The Hall–Kier alpha value is -2.08. The van der Waals surface area contributed by atoms with E-state index in [1.807, 2.05) is 26.2 Å². The van der Waals surface area contributed by atoms with Crippen molar-refractivity contribution >= 4 is 22.6 Å². The van der Waals surface area contributed by atoms with Crippen LogP contribution in [-0.4, -0.2) is 42.1 Å². The van der Waals surface area contributed by atoms with Gasteiger partial charge in [-0.1, -0.05) is 0 Å². The maximum absolute atomic E-state index is 12.1. The van der Waals surface area contributed by atoms with Crippen LogP contribution in [0.2, 0.25) is 0 Å². The van der Waals surface area contributed by atoms with Gasteiger partial charge in [0.15, 0.2) is 0 Å². The molecule has 0 aliphatic carbocycles. The molecule has 1 aromatic heterocycles. The first-order valence-corrected chi connectivity index (χ1v) is 7.49. The molecule has 0 bridgehead atoms. The molecule has 2 heterocycles. The lowest BCUT2D eigenvalue weighted by Crippen LogP contribution is -2.28. The summed E-state index contributed by atoms with van der Waals surface area (Å²) < 4.78 is 12.1. The first-order chi connectivity index (χ1) is 10.6. The van der Waals surface area contributed by atoms with Crippen LogP contribution in [0.3, 0.4) is 0 Å². The largest absolute Gasteiger partial charge is 0.465 e. The number of anilines is 1. The zero-order chi connectivity index (χ0) is 15.7. The highest BCUT2D eigenvalue weighted by Gasteiger charge is 2.20. The highest BCUT2D eigenvalue weighted by Crippen LogP contribution is 2.31. The molecular formula is C16H21N3O3. The molecule has 0 saturated carbocycles. The SMILES string of the molecule is COC(=O)c1cc(NC2CCOCC2)c2cnn(C)c2c1C. The van der Waals surface area contributed by atoms with Crippen molar-refractivity contribution in [3.05, 3.63) is 23.4 Å². The molecule has 1 saturated heterocycles. The number of nitrogens with zero attached hydrogens (tertiary/aromatic N) is 2. The number of hydrogen-bond acceptors (Lipinski definition) is 5. The van der Waals surface area contributed by atoms with Crippen LogP contribution in [-0.2, 0) is 16.5 Å². The molecule has 1 N–H and O–H groups in total. The van der Waals surface area contributed by atoms with E-state index in [0.717, 1.165) is 48.2 Å². The van der Waals surface area contributed by atoms with Gasteiger partial charge in [-0.15, -0.1) is 0 Å². The van der Waals surface area contributed by atoms with E-state index >= 15 is 0 Å². The highest BCUT2D eigenvalue weighted by atomic mass is 16.5. The Labute approximate surface area is 129 Å². The summed E-state index contributed by atoms with van der Waals surface area (Å²) in [6.45, 7) is 3.46. The molecular weight excluding hydrogens is 282 g/mol. The third kappa shape index (κ3) is 2.54. The van der Waals surface area contributed by atoms with E-state index in [1.165, 1.54) is 7.11 Å². The predicted octanol–water partition coefficient (Wildman–Crippen LogP) is 2.26. The normalized spacial score (nSPS) is 16.0. The van der Waals surface area contributed by atoms with Gasteiger partial charge in [0.2, 0.25) is 0 Å². The van der Waals surface area contributed by atoms with Gasteiger partial charge >= 0.3 is 5.97 Å². The molecule has 6 heteroatoms. The number of carbonyl (C=O) groups excluding carboxylic acids is 1. The van der Waals surface area contributed by atoms with Crippen molar-refractivity contribution in [1.82, 2.24) is 9.78 Å². The Morgan fingerprint density at radius 1 is 1.45 bits per heavy atom. The lowest BCUT2D eigenvalue weighted by atomic mass is 10.0. The molecule has 0 atom stereocenters. The molecule has 1 aromatic carbocycles. The topological polar surface area (TPSA) is 65.4 Å². The van der Waals surface area contributed by atoms with E-state index < -0.39 is 0 Å². The van der Waals surface area contributed by atoms with Crippen LogP contribution >= 0.6 is 0 Å². The van der Waals surface area contributed by atoms with E-state index in [9.17, 15) is 4.79 Å². The maximum atomic E-state index is 12.1. The van der Waals surface area contributed by atoms with Crippen molar-refractivity contribution in [2.75, 3.05) is 25.6 Å². The lowest BCUT2D eigenvalue weighted by molar-refractivity contribution is 0.0600. The van der Waals surface area contributed by atoms with Crippen molar-refractivity contribution in [1.29, 1.82) is 0 Å². The third-order valence-electron chi connectivity index (χ3n) is 4.26. The monoisotopic (exact) mass is 303 g/mol. The molecule has 0 spiro atoms. The number of esters is 1. The van der Waals surface area contributed by atoms with Crippen molar-refractivity contribution in [3.8, 4) is 0 Å². The number of benzene rings is 1. The molecule has 6 nitrogen and oxygen atoms in total. The quantitative estimate of drug-likeness (QED) is 0.881. The van der Waals surface area contributed by atoms with Gasteiger partial charge in [-0.25, -0.2) is 4.79 Å². The van der Waals surface area contributed by atoms with Crippen LogP contribution in [0.5, 0.6) is 0 Å². The van der Waals surface area contributed by atoms with Gasteiger partial charge in [-0.2, -0.15) is 5.10 Å². The summed E-state index contributed by atoms with van der Waals surface area (Å²) in [5.41, 5.74) is 3.35. The standard InChI is InChI=1S/C16H21N3O3/c1-10-12(16(20)21-3)8-14(13-9-17-19(2)15(10)13)18-11-4-6-22-7-5-11/h8-9,11,18H,4-7H2,1-3H3. The highest BCUT2D eigenvalue weighted by molar-refractivity contribution is 6.03. The zero-order valence-electron chi connectivity index (χ0n) is 13.2. The minimum atomic E-state index is -0.323. The number of carbonyl (C=O) groups is 1. The summed E-state index contributed by atoms with van der Waals surface area (Å²) in [5, 5.41) is 8.91. The van der Waals surface area contributed by atoms with Crippen LogP contribution in [0.25, 0.3) is 10.9 Å². The van der Waals surface area contributed by atoms with Gasteiger partial charge in [0.25, 0.3) is 0 Å². The number of ether oxygens (including phenoxy) is 2. The Bertz CT molecular complexity index is 702. The van der Waals surface area contributed by atoms with Crippen LogP contribution in [0.4, 0.5) is 5.69 Å². The second kappa shape index (κ2) is 5.96. The van der Waals surface area contributed by atoms with Gasteiger partial charge < -0.3 is 14.8 Å². The van der Waals surface area contributed by atoms with Gasteiger partial charge in [0, 0.05) is 37.4 Å². The van der Waals surface area contributed by atoms with E-state index in [1.54, 1.807) is 4.68 Å². The van der Waals surface area contributed by atoms with Crippen LogP contribution in [0, 0.1) is 6.92 Å². The molecule has 1 fully saturated rings. The number of aryl methyl sites for hydroxylation is 2. The Morgan fingerprint density at radius 3 is 2.86 bits per heavy atom. The molecule has 2 aromatic rings. The molecule has 0 radical (unpaired) electrons. The summed E-state index contributed by atoms with van der Waals surface area (Å²) >= 11 is 0. The van der Waals surface area contributed by atoms with Crippen molar-refractivity contribution in [3.63, 3.8) is 0 Å². The van der Waals surface area contributed by atoms with Crippen molar-refractivity contribution in [2.45, 2.75) is 25.8 Å². The van der Waals surface area contributed by atoms with Crippen LogP contribution in [0.1, 0.15) is 28.8 Å². The number of aromatic nitrogens is 2. The van der Waals surface area contributed by atoms with E-state index in [-0.39, 0.29) is 5.97 Å². The zero-order valence-corrected chi connectivity index (χ0v) is 13.2. The summed E-state index contributed by atoms with van der Waals surface area (Å²) in [6.07, 6.45) is 3.76. The first-order valence-electron chi connectivity index (χ1n) is 7.49. The summed E-state index contributed by atoms with van der Waals surface area (Å²) in [5.74, 6) is -0.323. The Balaban J connectivity index is 2.07. The molecule has 0 amide bonds. The number of nitrogens with one attached hydrogen (secondary N) is 1. The van der Waals surface area contributed by atoms with Gasteiger partial charge in [-0.05, 0) is 31.4 Å². The second-order valence-corrected chi connectivity index (χ2v) is 5.65. The fourth-order valence-corrected chi connectivity index (χ4v) is 3.04. The average molecular weight is 303 g/mol. The number of methoxy groups -OCH3 is 1. The molecule has 1 aliphatic heterocycles. The van der Waals surface area contributed by atoms with Gasteiger partial charge in [-0.3, -0.25) is 4.68 Å². The summed E-state index contributed by atoms with van der Waals surface area (Å²) in [7, 11) is 3.29. The Morgan fingerprint density at radius 2 is 2.18 bits per heavy atom. The third-order valence-corrected chi connectivity index (χ3v) is 4.26. The van der Waals surface area contributed by atoms with E-state index in [4.69, 9.17) is 9.47 Å². The minimum absolute atomic E-state index is 0.323. The first kappa shape index (κ1) is 14.8. The molecule has 0 unspecified atom stereocenters. The molecule has 118 valence electrons.